The minimum atomic E-state index is -0.189. The van der Waals surface area contributed by atoms with Gasteiger partial charge in [-0.05, 0) is 19.4 Å². The van der Waals surface area contributed by atoms with Crippen LogP contribution in [0.15, 0.2) is 24.3 Å². The van der Waals surface area contributed by atoms with Crippen LogP contribution in [0.2, 0.25) is 0 Å². The van der Waals surface area contributed by atoms with Gasteiger partial charge >= 0.3 is 0 Å². The molecule has 4 nitrogen and oxygen atoms in total. The molecule has 0 aliphatic rings. The molecular weight excluding hydrogens is 228 g/mol. The van der Waals surface area contributed by atoms with E-state index in [9.17, 15) is 4.79 Å². The van der Waals surface area contributed by atoms with E-state index in [-0.39, 0.29) is 18.6 Å². The third-order valence-electron chi connectivity index (χ3n) is 3.17. The molecule has 1 heterocycles. The van der Waals surface area contributed by atoms with Gasteiger partial charge < -0.3 is 15.4 Å². The van der Waals surface area contributed by atoms with Gasteiger partial charge in [0.15, 0.2) is 0 Å². The predicted octanol–water partition coefficient (Wildman–Crippen LogP) is 1.98. The number of aromatic amines is 1. The van der Waals surface area contributed by atoms with Crippen molar-refractivity contribution in [3.8, 4) is 0 Å². The molecule has 0 aliphatic carbocycles. The summed E-state index contributed by atoms with van der Waals surface area (Å²) in [7, 11) is 0. The molecule has 0 bridgehead atoms. The molecule has 0 fully saturated rings. The SMILES string of the molecule is CCC(CO)NC(=O)c1c(C)[nH]c2ccccc12. The number of H-pyrrole nitrogens is 1. The van der Waals surface area contributed by atoms with E-state index >= 15 is 0 Å². The van der Waals surface area contributed by atoms with Crippen LogP contribution >= 0.6 is 0 Å². The van der Waals surface area contributed by atoms with Gasteiger partial charge in [0.05, 0.1) is 18.2 Å². The van der Waals surface area contributed by atoms with Crippen LogP contribution < -0.4 is 5.32 Å². The highest BCUT2D eigenvalue weighted by Gasteiger charge is 2.17. The zero-order chi connectivity index (χ0) is 13.1. The summed E-state index contributed by atoms with van der Waals surface area (Å²) in [6.45, 7) is 3.78. The van der Waals surface area contributed by atoms with Crippen molar-refractivity contribution in [2.45, 2.75) is 26.3 Å². The Bertz CT molecular complexity index is 556. The van der Waals surface area contributed by atoms with Gasteiger partial charge in [0.25, 0.3) is 5.91 Å². The molecule has 0 saturated carbocycles. The van der Waals surface area contributed by atoms with Crippen molar-refractivity contribution in [1.82, 2.24) is 10.3 Å². The van der Waals surface area contributed by atoms with Crippen LogP contribution in [-0.2, 0) is 0 Å². The molecule has 0 saturated heterocycles. The fourth-order valence-electron chi connectivity index (χ4n) is 2.10. The van der Waals surface area contributed by atoms with E-state index in [1.807, 2.05) is 38.1 Å². The van der Waals surface area contributed by atoms with Gasteiger partial charge in [0.1, 0.15) is 0 Å². The van der Waals surface area contributed by atoms with Crippen molar-refractivity contribution in [1.29, 1.82) is 0 Å². The molecule has 3 N–H and O–H groups in total. The van der Waals surface area contributed by atoms with Gasteiger partial charge in [-0.2, -0.15) is 0 Å². The van der Waals surface area contributed by atoms with Crippen LogP contribution in [0, 0.1) is 6.92 Å². The van der Waals surface area contributed by atoms with Crippen LogP contribution in [0.3, 0.4) is 0 Å². The molecular formula is C14H18N2O2. The number of amides is 1. The minimum Gasteiger partial charge on any atom is -0.394 e. The van der Waals surface area contributed by atoms with E-state index < -0.39 is 0 Å². The molecule has 2 rings (SSSR count). The highest BCUT2D eigenvalue weighted by atomic mass is 16.3. The fraction of sp³-hybridized carbons (Fsp3) is 0.357. The Morgan fingerprint density at radius 3 is 2.83 bits per heavy atom. The number of nitrogens with one attached hydrogen (secondary N) is 2. The molecule has 1 unspecified atom stereocenters. The molecule has 18 heavy (non-hydrogen) atoms. The molecule has 0 aliphatic heterocycles. The summed E-state index contributed by atoms with van der Waals surface area (Å²) in [5.74, 6) is -0.133. The Kier molecular flexibility index (Phi) is 3.67. The normalized spacial score (nSPS) is 12.6. The zero-order valence-corrected chi connectivity index (χ0v) is 10.7. The van der Waals surface area contributed by atoms with Gasteiger partial charge in [0, 0.05) is 16.6 Å². The number of rotatable bonds is 4. The third-order valence-corrected chi connectivity index (χ3v) is 3.17. The van der Waals surface area contributed by atoms with E-state index in [2.05, 4.69) is 10.3 Å². The first-order valence-electron chi connectivity index (χ1n) is 6.16. The first kappa shape index (κ1) is 12.6. The lowest BCUT2D eigenvalue weighted by Gasteiger charge is -2.14. The molecule has 0 spiro atoms. The maximum absolute atomic E-state index is 12.2. The van der Waals surface area contributed by atoms with E-state index in [0.29, 0.717) is 12.0 Å². The second kappa shape index (κ2) is 5.23. The molecule has 0 radical (unpaired) electrons. The first-order chi connectivity index (χ1) is 8.67. The number of carbonyl (C=O) groups excluding carboxylic acids is 1. The van der Waals surface area contributed by atoms with Crippen molar-refractivity contribution in [3.05, 3.63) is 35.5 Å². The second-order valence-corrected chi connectivity index (χ2v) is 4.43. The number of benzene rings is 1. The average molecular weight is 246 g/mol. The summed E-state index contributed by atoms with van der Waals surface area (Å²) < 4.78 is 0. The van der Waals surface area contributed by atoms with Crippen LogP contribution in [0.1, 0.15) is 29.4 Å². The topological polar surface area (TPSA) is 65.1 Å². The van der Waals surface area contributed by atoms with Gasteiger partial charge in [-0.3, -0.25) is 4.79 Å². The lowest BCUT2D eigenvalue weighted by molar-refractivity contribution is 0.0916. The number of carbonyl (C=O) groups is 1. The Morgan fingerprint density at radius 1 is 1.44 bits per heavy atom. The van der Waals surface area contributed by atoms with E-state index in [1.165, 1.54) is 0 Å². The summed E-state index contributed by atoms with van der Waals surface area (Å²) in [5, 5.41) is 12.9. The highest BCUT2D eigenvalue weighted by Crippen LogP contribution is 2.21. The van der Waals surface area contributed by atoms with E-state index in [4.69, 9.17) is 5.11 Å². The lowest BCUT2D eigenvalue weighted by Crippen LogP contribution is -2.37. The van der Waals surface area contributed by atoms with Crippen molar-refractivity contribution in [3.63, 3.8) is 0 Å². The van der Waals surface area contributed by atoms with Crippen molar-refractivity contribution >= 4 is 16.8 Å². The Morgan fingerprint density at radius 2 is 2.17 bits per heavy atom. The van der Waals surface area contributed by atoms with Gasteiger partial charge in [-0.1, -0.05) is 25.1 Å². The quantitative estimate of drug-likeness (QED) is 0.772. The Labute approximate surface area is 106 Å². The highest BCUT2D eigenvalue weighted by molar-refractivity contribution is 6.08. The number of aromatic nitrogens is 1. The fourth-order valence-corrected chi connectivity index (χ4v) is 2.10. The summed E-state index contributed by atoms with van der Waals surface area (Å²) in [5.41, 5.74) is 2.47. The smallest absolute Gasteiger partial charge is 0.254 e. The number of fused-ring (bicyclic) bond motifs is 1. The standard InChI is InChI=1S/C14H18N2O2/c1-3-10(8-17)16-14(18)13-9(2)15-12-7-5-4-6-11(12)13/h4-7,10,15,17H,3,8H2,1-2H3,(H,16,18). The lowest BCUT2D eigenvalue weighted by atomic mass is 10.1. The molecule has 1 aromatic carbocycles. The van der Waals surface area contributed by atoms with Crippen molar-refractivity contribution in [2.75, 3.05) is 6.61 Å². The van der Waals surface area contributed by atoms with Gasteiger partial charge in [-0.25, -0.2) is 0 Å². The number of hydrogen-bond acceptors (Lipinski definition) is 2. The van der Waals surface area contributed by atoms with Crippen LogP contribution in [0.4, 0.5) is 0 Å². The first-order valence-corrected chi connectivity index (χ1v) is 6.16. The molecule has 2 aromatic rings. The van der Waals surface area contributed by atoms with Crippen molar-refractivity contribution in [2.24, 2.45) is 0 Å². The zero-order valence-electron chi connectivity index (χ0n) is 10.7. The monoisotopic (exact) mass is 246 g/mol. The van der Waals surface area contributed by atoms with Crippen LogP contribution in [0.25, 0.3) is 10.9 Å². The van der Waals surface area contributed by atoms with Gasteiger partial charge in [-0.15, -0.1) is 0 Å². The molecule has 96 valence electrons. The maximum atomic E-state index is 12.2. The average Bonchev–Trinajstić information content (AvgIpc) is 2.71. The molecule has 4 heteroatoms. The maximum Gasteiger partial charge on any atom is 0.254 e. The number of aliphatic hydroxyl groups excluding tert-OH is 1. The third kappa shape index (κ3) is 2.24. The minimum absolute atomic E-state index is 0.0381. The van der Waals surface area contributed by atoms with E-state index in [0.717, 1.165) is 16.6 Å². The second-order valence-electron chi connectivity index (χ2n) is 4.43. The number of aryl methyl sites for hydroxylation is 1. The van der Waals surface area contributed by atoms with E-state index in [1.54, 1.807) is 0 Å². The summed E-state index contributed by atoms with van der Waals surface area (Å²) in [6, 6.07) is 7.53. The largest absolute Gasteiger partial charge is 0.394 e. The number of para-hydroxylation sites is 1. The summed E-state index contributed by atoms with van der Waals surface area (Å²) in [4.78, 5) is 15.4. The Hall–Kier alpha value is -1.81. The van der Waals surface area contributed by atoms with Gasteiger partial charge in [0.2, 0.25) is 0 Å². The molecule has 1 aromatic heterocycles. The predicted molar refractivity (Wildman–Crippen MR) is 71.7 cm³/mol. The molecule has 1 atom stereocenters. The number of aliphatic hydroxyl groups is 1. The van der Waals surface area contributed by atoms with Crippen LogP contribution in [0.5, 0.6) is 0 Å². The Balaban J connectivity index is 2.35. The van der Waals surface area contributed by atoms with Crippen LogP contribution in [-0.4, -0.2) is 28.6 Å². The summed E-state index contributed by atoms with van der Waals surface area (Å²) >= 11 is 0. The van der Waals surface area contributed by atoms with Crippen molar-refractivity contribution < 1.29 is 9.90 Å². The summed E-state index contributed by atoms with van der Waals surface area (Å²) in [6.07, 6.45) is 0.712. The molecule has 1 amide bonds. The number of hydrogen-bond donors (Lipinski definition) is 3.